The number of halogens is 2. The van der Waals surface area contributed by atoms with Crippen molar-refractivity contribution >= 4 is 17.6 Å². The molecule has 1 aliphatic heterocycles. The topological polar surface area (TPSA) is 77.0 Å². The number of esters is 1. The van der Waals surface area contributed by atoms with E-state index in [0.717, 1.165) is 18.2 Å². The lowest BCUT2D eigenvalue weighted by molar-refractivity contribution is -0.144. The van der Waals surface area contributed by atoms with Gasteiger partial charge >= 0.3 is 5.97 Å². The molecule has 1 aliphatic carbocycles. The Labute approximate surface area is 142 Å². The molecule has 0 saturated heterocycles. The zero-order chi connectivity index (χ0) is 18.0. The number of carbonyl (C=O) groups is 2. The Balaban J connectivity index is 1.56. The summed E-state index contributed by atoms with van der Waals surface area (Å²) in [7, 11) is 1.31. The standard InChI is InChI=1S/C17H16F2N2O4/c1-24-17(23)9-2-3-13(6-9)20-16(22)15-8-14(21-25-15)10-4-11(18)7-12(19)5-10/h2-5,7,9,13,15H,6,8H2,1H3,(H,20,22)/t9-,13+,15?/m1/s1. The van der Waals surface area contributed by atoms with Crippen LogP contribution in [0.1, 0.15) is 18.4 Å². The monoisotopic (exact) mass is 350 g/mol. The van der Waals surface area contributed by atoms with Gasteiger partial charge in [-0.25, -0.2) is 8.78 Å². The average molecular weight is 350 g/mol. The fourth-order valence-electron chi connectivity index (χ4n) is 2.82. The number of benzene rings is 1. The van der Waals surface area contributed by atoms with Crippen LogP contribution in [0.15, 0.2) is 35.5 Å². The highest BCUT2D eigenvalue weighted by Gasteiger charge is 2.32. The van der Waals surface area contributed by atoms with Gasteiger partial charge in [0.1, 0.15) is 11.6 Å². The van der Waals surface area contributed by atoms with Crippen LogP contribution in [0.3, 0.4) is 0 Å². The lowest BCUT2D eigenvalue weighted by Crippen LogP contribution is -2.40. The van der Waals surface area contributed by atoms with E-state index in [4.69, 9.17) is 4.84 Å². The molecular weight excluding hydrogens is 334 g/mol. The summed E-state index contributed by atoms with van der Waals surface area (Å²) < 4.78 is 31.2. The highest BCUT2D eigenvalue weighted by atomic mass is 19.1. The largest absolute Gasteiger partial charge is 0.469 e. The van der Waals surface area contributed by atoms with Crippen molar-refractivity contribution in [2.75, 3.05) is 7.11 Å². The number of amides is 1. The highest BCUT2D eigenvalue weighted by Crippen LogP contribution is 2.22. The first-order valence-corrected chi connectivity index (χ1v) is 7.72. The molecule has 1 aromatic carbocycles. The summed E-state index contributed by atoms with van der Waals surface area (Å²) in [6.45, 7) is 0. The van der Waals surface area contributed by atoms with E-state index in [0.29, 0.717) is 12.1 Å². The van der Waals surface area contributed by atoms with E-state index in [-0.39, 0.29) is 29.9 Å². The number of hydrogen-bond donors (Lipinski definition) is 1. The number of nitrogens with one attached hydrogen (secondary N) is 1. The van der Waals surface area contributed by atoms with Crippen molar-refractivity contribution in [3.05, 3.63) is 47.5 Å². The number of carbonyl (C=O) groups excluding carboxylic acids is 2. The van der Waals surface area contributed by atoms with Crippen LogP contribution < -0.4 is 5.32 Å². The van der Waals surface area contributed by atoms with Crippen LogP contribution in [0.4, 0.5) is 8.78 Å². The molecule has 1 unspecified atom stereocenters. The van der Waals surface area contributed by atoms with Crippen molar-refractivity contribution in [1.29, 1.82) is 0 Å². The third-order valence-electron chi connectivity index (χ3n) is 4.07. The van der Waals surface area contributed by atoms with Crippen molar-refractivity contribution in [2.45, 2.75) is 25.0 Å². The van der Waals surface area contributed by atoms with Crippen LogP contribution in [0.2, 0.25) is 0 Å². The number of rotatable bonds is 4. The van der Waals surface area contributed by atoms with Gasteiger partial charge in [0.2, 0.25) is 6.10 Å². The molecule has 0 radical (unpaired) electrons. The predicted octanol–water partition coefficient (Wildman–Crippen LogP) is 1.69. The average Bonchev–Trinajstić information content (AvgIpc) is 3.22. The zero-order valence-corrected chi connectivity index (χ0v) is 13.4. The Bertz CT molecular complexity index is 743. The Morgan fingerprint density at radius 2 is 1.96 bits per heavy atom. The first kappa shape index (κ1) is 17.1. The molecule has 6 nitrogen and oxygen atoms in total. The second-order valence-electron chi connectivity index (χ2n) is 5.86. The van der Waals surface area contributed by atoms with Crippen molar-refractivity contribution in [3.8, 4) is 0 Å². The van der Waals surface area contributed by atoms with Gasteiger partial charge in [-0.2, -0.15) is 0 Å². The van der Waals surface area contributed by atoms with Crippen LogP contribution in [0, 0.1) is 17.6 Å². The summed E-state index contributed by atoms with van der Waals surface area (Å²) >= 11 is 0. The summed E-state index contributed by atoms with van der Waals surface area (Å²) in [5.41, 5.74) is 0.535. The van der Waals surface area contributed by atoms with Crippen molar-refractivity contribution < 1.29 is 27.9 Å². The maximum absolute atomic E-state index is 13.3. The molecule has 132 valence electrons. The fraction of sp³-hybridized carbons (Fsp3) is 0.353. The summed E-state index contributed by atoms with van der Waals surface area (Å²) in [5, 5.41) is 6.50. The molecule has 3 atom stereocenters. The van der Waals surface area contributed by atoms with Crippen molar-refractivity contribution in [1.82, 2.24) is 5.32 Å². The minimum absolute atomic E-state index is 0.103. The number of ether oxygens (including phenoxy) is 1. The Morgan fingerprint density at radius 3 is 2.64 bits per heavy atom. The molecule has 8 heteroatoms. The maximum Gasteiger partial charge on any atom is 0.312 e. The van der Waals surface area contributed by atoms with E-state index in [2.05, 4.69) is 15.2 Å². The molecular formula is C17H16F2N2O4. The van der Waals surface area contributed by atoms with Gasteiger partial charge in [-0.05, 0) is 18.6 Å². The third-order valence-corrected chi connectivity index (χ3v) is 4.07. The van der Waals surface area contributed by atoms with Crippen molar-refractivity contribution in [3.63, 3.8) is 0 Å². The molecule has 0 saturated carbocycles. The number of methoxy groups -OCH3 is 1. The van der Waals surface area contributed by atoms with Crippen LogP contribution in [0.25, 0.3) is 0 Å². The third kappa shape index (κ3) is 3.84. The summed E-state index contributed by atoms with van der Waals surface area (Å²) in [6, 6.07) is 2.71. The van der Waals surface area contributed by atoms with Gasteiger partial charge in [-0.3, -0.25) is 9.59 Å². The normalized spacial score (nSPS) is 24.6. The van der Waals surface area contributed by atoms with Gasteiger partial charge in [0.15, 0.2) is 0 Å². The number of nitrogens with zero attached hydrogens (tertiary/aromatic N) is 1. The molecule has 0 bridgehead atoms. The lowest BCUT2D eigenvalue weighted by atomic mass is 10.0. The molecule has 1 amide bonds. The quantitative estimate of drug-likeness (QED) is 0.662. The van der Waals surface area contributed by atoms with E-state index in [1.807, 2.05) is 0 Å². The number of hydrogen-bond acceptors (Lipinski definition) is 5. The van der Waals surface area contributed by atoms with E-state index in [9.17, 15) is 18.4 Å². The SMILES string of the molecule is COC(=O)[C@@H]1C=C[C@H](NC(=O)C2CC(c3cc(F)cc(F)c3)=NO2)C1. The van der Waals surface area contributed by atoms with Crippen molar-refractivity contribution in [2.24, 2.45) is 11.1 Å². The van der Waals surface area contributed by atoms with E-state index in [1.165, 1.54) is 7.11 Å². The molecule has 3 rings (SSSR count). The fourth-order valence-corrected chi connectivity index (χ4v) is 2.82. The molecule has 0 spiro atoms. The first-order valence-electron chi connectivity index (χ1n) is 7.72. The van der Waals surface area contributed by atoms with Gasteiger partial charge in [0.25, 0.3) is 5.91 Å². The number of oxime groups is 1. The molecule has 25 heavy (non-hydrogen) atoms. The Hall–Kier alpha value is -2.77. The van der Waals surface area contributed by atoms with E-state index < -0.39 is 23.6 Å². The van der Waals surface area contributed by atoms with Crippen LogP contribution in [-0.2, 0) is 19.2 Å². The molecule has 0 aromatic heterocycles. The van der Waals surface area contributed by atoms with Gasteiger partial charge in [-0.1, -0.05) is 17.3 Å². The predicted molar refractivity (Wildman–Crippen MR) is 83.6 cm³/mol. The Kier molecular flexibility index (Phi) is 4.78. The summed E-state index contributed by atoms with van der Waals surface area (Å²) in [4.78, 5) is 28.8. The highest BCUT2D eigenvalue weighted by molar-refractivity contribution is 6.04. The minimum atomic E-state index is -0.882. The van der Waals surface area contributed by atoms with E-state index in [1.54, 1.807) is 12.2 Å². The van der Waals surface area contributed by atoms with Crippen LogP contribution in [-0.4, -0.2) is 36.8 Å². The smallest absolute Gasteiger partial charge is 0.312 e. The molecule has 0 fully saturated rings. The lowest BCUT2D eigenvalue weighted by Gasteiger charge is -2.15. The summed E-state index contributed by atoms with van der Waals surface area (Å²) in [6.07, 6.45) is 3.04. The maximum atomic E-state index is 13.3. The molecule has 2 aliphatic rings. The van der Waals surface area contributed by atoms with Crippen LogP contribution >= 0.6 is 0 Å². The second kappa shape index (κ2) is 7.00. The zero-order valence-electron chi connectivity index (χ0n) is 13.4. The van der Waals surface area contributed by atoms with Gasteiger partial charge in [0, 0.05) is 24.1 Å². The second-order valence-corrected chi connectivity index (χ2v) is 5.86. The van der Waals surface area contributed by atoms with E-state index >= 15 is 0 Å². The van der Waals surface area contributed by atoms with Crippen LogP contribution in [0.5, 0.6) is 0 Å². The molecule has 1 heterocycles. The molecule has 1 aromatic rings. The summed E-state index contributed by atoms with van der Waals surface area (Å²) in [5.74, 6) is -2.60. The minimum Gasteiger partial charge on any atom is -0.469 e. The first-order chi connectivity index (χ1) is 12.0. The van der Waals surface area contributed by atoms with Gasteiger partial charge < -0.3 is 14.9 Å². The van der Waals surface area contributed by atoms with Gasteiger partial charge in [0.05, 0.1) is 18.7 Å². The molecule has 1 N–H and O–H groups in total. The van der Waals surface area contributed by atoms with Gasteiger partial charge in [-0.15, -0.1) is 0 Å². The Morgan fingerprint density at radius 1 is 1.24 bits per heavy atom.